The van der Waals surface area contributed by atoms with Gasteiger partial charge in [-0.1, -0.05) is 97.1 Å². The fourth-order valence-electron chi connectivity index (χ4n) is 5.20. The Balaban J connectivity index is 1.55. The molecule has 0 aliphatic heterocycles. The number of nitrogens with zero attached hydrogens (tertiary/aromatic N) is 1. The van der Waals surface area contributed by atoms with Crippen LogP contribution in [-0.2, 0) is 24.6 Å². The van der Waals surface area contributed by atoms with E-state index in [0.29, 0.717) is 39.3 Å². The lowest BCUT2D eigenvalue weighted by Crippen LogP contribution is -2.24. The van der Waals surface area contributed by atoms with Crippen molar-refractivity contribution in [2.45, 2.75) is 46.2 Å². The summed E-state index contributed by atoms with van der Waals surface area (Å²) in [6.07, 6.45) is 0. The first-order valence-electron chi connectivity index (χ1n) is 15.7. The van der Waals surface area contributed by atoms with Crippen LogP contribution < -0.4 is 19.8 Å². The topological polar surface area (TPSA) is 99.7 Å². The molecule has 48 heavy (non-hydrogen) atoms. The molecule has 6 aromatic rings. The number of carbonyl (C=O) groups is 1. The lowest BCUT2D eigenvalue weighted by Gasteiger charge is -2.22. The molecule has 6 rings (SSSR count). The van der Waals surface area contributed by atoms with E-state index in [1.165, 1.54) is 0 Å². The van der Waals surface area contributed by atoms with Crippen molar-refractivity contribution in [2.75, 3.05) is 0 Å². The first-order valence-corrected chi connectivity index (χ1v) is 15.7. The van der Waals surface area contributed by atoms with E-state index in [9.17, 15) is 9.59 Å². The molecule has 0 fully saturated rings. The molecule has 0 bridgehead atoms. The highest BCUT2D eigenvalue weighted by Gasteiger charge is 2.26. The molecule has 1 heterocycles. The van der Waals surface area contributed by atoms with E-state index >= 15 is 0 Å². The fraction of sp³-hybridized carbons (Fsp3) is 0.175. The maximum atomic E-state index is 13.5. The normalized spacial score (nSPS) is 11.2. The van der Waals surface area contributed by atoms with Crippen LogP contribution in [0.4, 0.5) is 0 Å². The number of fused-ring (bicyclic) bond motifs is 1. The van der Waals surface area contributed by atoms with E-state index in [2.05, 4.69) is 10.2 Å². The number of carbonyl (C=O) groups excluding carboxylic acids is 1. The Bertz CT molecular complexity index is 2010. The molecule has 0 amide bonds. The van der Waals surface area contributed by atoms with E-state index < -0.39 is 11.6 Å². The number of ether oxygens (including phenoxy) is 4. The van der Waals surface area contributed by atoms with E-state index in [1.807, 2.05) is 112 Å². The number of aromatic nitrogens is 2. The second-order valence-electron chi connectivity index (χ2n) is 12.3. The largest absolute Gasteiger partial charge is 0.488 e. The Kier molecular flexibility index (Phi) is 9.52. The van der Waals surface area contributed by atoms with Gasteiger partial charge in [0.1, 0.15) is 48.4 Å². The van der Waals surface area contributed by atoms with Crippen LogP contribution in [0.5, 0.6) is 17.2 Å². The van der Waals surface area contributed by atoms with Crippen molar-refractivity contribution >= 4 is 16.7 Å². The zero-order chi connectivity index (χ0) is 33.5. The summed E-state index contributed by atoms with van der Waals surface area (Å²) < 4.78 is 25.0. The Labute approximate surface area is 278 Å². The van der Waals surface area contributed by atoms with Crippen molar-refractivity contribution < 1.29 is 23.7 Å². The lowest BCUT2D eigenvalue weighted by atomic mass is 10.00. The second-order valence-corrected chi connectivity index (χ2v) is 12.3. The van der Waals surface area contributed by atoms with Gasteiger partial charge in [0.2, 0.25) is 0 Å². The summed E-state index contributed by atoms with van der Waals surface area (Å²) in [5, 5.41) is 8.08. The maximum Gasteiger partial charge on any atom is 0.338 e. The van der Waals surface area contributed by atoms with Crippen LogP contribution >= 0.6 is 0 Å². The van der Waals surface area contributed by atoms with Gasteiger partial charge in [-0.3, -0.25) is 4.79 Å². The number of rotatable bonds is 11. The van der Waals surface area contributed by atoms with Gasteiger partial charge in [-0.25, -0.2) is 9.89 Å². The third-order valence-corrected chi connectivity index (χ3v) is 7.43. The van der Waals surface area contributed by atoms with Crippen LogP contribution in [-0.4, -0.2) is 21.8 Å². The second kappa shape index (κ2) is 14.3. The minimum absolute atomic E-state index is 0.197. The van der Waals surface area contributed by atoms with Crippen LogP contribution in [0.3, 0.4) is 0 Å². The number of aromatic amines is 1. The van der Waals surface area contributed by atoms with Crippen LogP contribution in [0.25, 0.3) is 22.0 Å². The van der Waals surface area contributed by atoms with Crippen molar-refractivity contribution in [1.82, 2.24) is 10.2 Å². The summed E-state index contributed by atoms with van der Waals surface area (Å²) in [6.45, 7) is 6.11. The van der Waals surface area contributed by atoms with Gasteiger partial charge in [0.05, 0.1) is 21.9 Å². The molecule has 0 spiro atoms. The number of benzene rings is 5. The molecule has 0 saturated heterocycles. The third-order valence-electron chi connectivity index (χ3n) is 7.43. The molecule has 0 radical (unpaired) electrons. The Morgan fingerprint density at radius 2 is 1.12 bits per heavy atom. The summed E-state index contributed by atoms with van der Waals surface area (Å²) in [4.78, 5) is 26.6. The number of H-pyrrole nitrogens is 1. The fourth-order valence-corrected chi connectivity index (χ4v) is 5.20. The molecule has 1 aromatic heterocycles. The van der Waals surface area contributed by atoms with E-state index in [4.69, 9.17) is 18.9 Å². The molecule has 8 heteroatoms. The van der Waals surface area contributed by atoms with E-state index in [1.54, 1.807) is 30.3 Å². The number of nitrogens with one attached hydrogen (secondary N) is 1. The molecule has 0 aliphatic rings. The number of esters is 1. The van der Waals surface area contributed by atoms with Gasteiger partial charge in [0.25, 0.3) is 5.56 Å². The van der Waals surface area contributed by atoms with Gasteiger partial charge in [-0.05, 0) is 61.7 Å². The van der Waals surface area contributed by atoms with Gasteiger partial charge in [-0.2, -0.15) is 5.10 Å². The van der Waals surface area contributed by atoms with Crippen LogP contribution in [0.15, 0.2) is 126 Å². The highest BCUT2D eigenvalue weighted by Crippen LogP contribution is 2.44. The first kappa shape index (κ1) is 32.1. The molecular weight excluding hydrogens is 604 g/mol. The van der Waals surface area contributed by atoms with Crippen molar-refractivity contribution in [1.29, 1.82) is 0 Å². The number of hydrogen-bond acceptors (Lipinski definition) is 7. The molecule has 0 atom stereocenters. The minimum Gasteiger partial charge on any atom is -0.488 e. The van der Waals surface area contributed by atoms with Crippen molar-refractivity contribution in [3.05, 3.63) is 154 Å². The van der Waals surface area contributed by atoms with Crippen LogP contribution in [0.1, 0.15) is 47.8 Å². The standard InChI is InChI=1S/C40H36N2O6/c1-40(2,3)48-39(44)30-22-33(46-25-28-16-9-5-10-17-28)36(34(23-30)47-26-29-18-11-6-12-19-29)37-35-31(38(43)42-41-37)20-13-21-32(35)45-24-27-14-7-4-8-15-27/h4-23H,24-26H2,1-3H3,(H,42,43). The van der Waals surface area contributed by atoms with Crippen molar-refractivity contribution in [3.63, 3.8) is 0 Å². The summed E-state index contributed by atoms with van der Waals surface area (Å²) in [5.41, 5.74) is 2.77. The predicted molar refractivity (Wildman–Crippen MR) is 185 cm³/mol. The highest BCUT2D eigenvalue weighted by atomic mass is 16.6. The van der Waals surface area contributed by atoms with Crippen molar-refractivity contribution in [2.24, 2.45) is 0 Å². The van der Waals surface area contributed by atoms with Crippen LogP contribution in [0, 0.1) is 0 Å². The molecular formula is C40H36N2O6. The summed E-state index contributed by atoms with van der Waals surface area (Å²) >= 11 is 0. The molecule has 0 saturated carbocycles. The predicted octanol–water partition coefficient (Wildman–Crippen LogP) is 8.28. The van der Waals surface area contributed by atoms with Crippen LogP contribution in [0.2, 0.25) is 0 Å². The lowest BCUT2D eigenvalue weighted by molar-refractivity contribution is 0.00686. The van der Waals surface area contributed by atoms with Gasteiger partial charge in [-0.15, -0.1) is 0 Å². The smallest absolute Gasteiger partial charge is 0.338 e. The molecule has 1 N–H and O–H groups in total. The van der Waals surface area contributed by atoms with Crippen molar-refractivity contribution in [3.8, 4) is 28.5 Å². The quantitative estimate of drug-likeness (QED) is 0.142. The zero-order valence-corrected chi connectivity index (χ0v) is 27.1. The molecule has 8 nitrogen and oxygen atoms in total. The van der Waals surface area contributed by atoms with E-state index in [-0.39, 0.29) is 30.9 Å². The molecule has 0 aliphatic carbocycles. The SMILES string of the molecule is CC(C)(C)OC(=O)c1cc(OCc2ccccc2)c(-c2n[nH]c(=O)c3cccc(OCc4ccccc4)c23)c(OCc2ccccc2)c1. The minimum atomic E-state index is -0.729. The Hall–Kier alpha value is -5.89. The van der Waals surface area contributed by atoms with Gasteiger partial charge in [0, 0.05) is 0 Å². The summed E-state index contributed by atoms with van der Waals surface area (Å²) in [6, 6.07) is 37.7. The summed E-state index contributed by atoms with van der Waals surface area (Å²) in [5.74, 6) is 0.575. The van der Waals surface area contributed by atoms with Gasteiger partial charge in [0.15, 0.2) is 0 Å². The van der Waals surface area contributed by atoms with Gasteiger partial charge < -0.3 is 18.9 Å². The maximum absolute atomic E-state index is 13.5. The third kappa shape index (κ3) is 7.73. The molecule has 5 aromatic carbocycles. The molecule has 0 unspecified atom stereocenters. The number of hydrogen-bond donors (Lipinski definition) is 1. The highest BCUT2D eigenvalue weighted by molar-refractivity contribution is 6.02. The van der Waals surface area contributed by atoms with E-state index in [0.717, 1.165) is 16.7 Å². The average Bonchev–Trinajstić information content (AvgIpc) is 3.10. The summed E-state index contributed by atoms with van der Waals surface area (Å²) in [7, 11) is 0. The van der Waals surface area contributed by atoms with Gasteiger partial charge >= 0.3 is 5.97 Å². The molecule has 242 valence electrons. The Morgan fingerprint density at radius 1 is 0.646 bits per heavy atom. The first-order chi connectivity index (χ1) is 23.2. The zero-order valence-electron chi connectivity index (χ0n) is 27.1. The monoisotopic (exact) mass is 640 g/mol. The Morgan fingerprint density at radius 3 is 1.60 bits per heavy atom. The average molecular weight is 641 g/mol.